The Labute approximate surface area is 219 Å². The van der Waals surface area contributed by atoms with E-state index in [9.17, 15) is 19.5 Å². The lowest BCUT2D eigenvalue weighted by Crippen LogP contribution is -2.47. The first-order valence-electron chi connectivity index (χ1n) is 13.9. The molecule has 0 unspecified atom stereocenters. The summed E-state index contributed by atoms with van der Waals surface area (Å²) >= 11 is 0. The van der Waals surface area contributed by atoms with Gasteiger partial charge in [-0.05, 0) is 42.9 Å². The number of piperidine rings is 1. The van der Waals surface area contributed by atoms with E-state index >= 15 is 0 Å². The van der Waals surface area contributed by atoms with Gasteiger partial charge in [0.2, 0.25) is 11.8 Å². The number of carbonyl (C=O) groups is 3. The molecule has 9 heteroatoms. The number of carbonyl (C=O) groups excluding carboxylic acids is 2. The zero-order chi connectivity index (χ0) is 26.4. The lowest BCUT2D eigenvalue weighted by molar-refractivity contribution is -0.144. The molecule has 3 aliphatic heterocycles. The number of fused-ring (bicyclic) bond motifs is 1. The average Bonchev–Trinajstić information content (AvgIpc) is 3.50. The van der Waals surface area contributed by atoms with Crippen molar-refractivity contribution in [2.45, 2.75) is 63.8 Å². The lowest BCUT2D eigenvalue weighted by atomic mass is 9.83. The van der Waals surface area contributed by atoms with Crippen LogP contribution in [-0.2, 0) is 20.8 Å². The molecule has 204 valence electrons. The molecule has 2 fully saturated rings. The van der Waals surface area contributed by atoms with Crippen molar-refractivity contribution in [1.82, 2.24) is 14.7 Å². The normalized spacial score (nSPS) is 23.7. The summed E-state index contributed by atoms with van der Waals surface area (Å²) in [7, 11) is 0. The molecule has 3 N–H and O–H groups in total. The topological polar surface area (TPSA) is 116 Å². The number of aliphatic carboxylic acids is 1. The molecule has 0 saturated carbocycles. The fourth-order valence-electron chi connectivity index (χ4n) is 6.15. The number of nitrogens with zero attached hydrogens (tertiary/aromatic N) is 3. The first-order valence-corrected chi connectivity index (χ1v) is 13.9. The molecular formula is C28H42N4O5. The molecule has 37 heavy (non-hydrogen) atoms. The highest BCUT2D eigenvalue weighted by molar-refractivity contribution is 5.79. The fraction of sp³-hybridized carbons (Fsp3) is 0.679. The van der Waals surface area contributed by atoms with Crippen molar-refractivity contribution >= 4 is 17.8 Å². The molecular weight excluding hydrogens is 472 g/mol. The van der Waals surface area contributed by atoms with E-state index in [1.54, 1.807) is 0 Å². The Morgan fingerprint density at radius 1 is 1.22 bits per heavy atom. The standard InChI is InChI=1S/C28H42N4O5/c1-2-3-12-31(15-11-29)26(34)19-32-18-22(20-7-8-24-21(17-20)10-16-37-24)27(28(35)36)23(32)9-14-30-13-5-4-6-25(30)33/h7-8,17,22-23,27H,2-6,9-16,18-19,29H2,1H3,(H,35,36)/t22-,23+,27-/m1/s1. The Balaban J connectivity index is 1.57. The van der Waals surface area contributed by atoms with E-state index in [-0.39, 0.29) is 30.3 Å². The van der Waals surface area contributed by atoms with Crippen LogP contribution in [0.2, 0.25) is 0 Å². The van der Waals surface area contributed by atoms with Crippen molar-refractivity contribution in [1.29, 1.82) is 0 Å². The minimum absolute atomic E-state index is 0.00917. The average molecular weight is 515 g/mol. The Hall–Kier alpha value is -2.65. The smallest absolute Gasteiger partial charge is 0.308 e. The molecule has 0 spiro atoms. The van der Waals surface area contributed by atoms with Gasteiger partial charge < -0.3 is 25.4 Å². The SMILES string of the molecule is CCCCN(CCN)C(=O)CN1C[C@H](c2ccc3c(c2)CCO3)[C@@H](C(=O)O)[C@@H]1CCN1CCCCC1=O. The van der Waals surface area contributed by atoms with Crippen molar-refractivity contribution < 1.29 is 24.2 Å². The molecule has 1 aromatic carbocycles. The molecule has 9 nitrogen and oxygen atoms in total. The minimum atomic E-state index is -0.850. The second-order valence-corrected chi connectivity index (χ2v) is 10.6. The summed E-state index contributed by atoms with van der Waals surface area (Å²) in [6.07, 6.45) is 5.69. The van der Waals surface area contributed by atoms with E-state index in [1.165, 1.54) is 0 Å². The summed E-state index contributed by atoms with van der Waals surface area (Å²) < 4.78 is 5.66. The highest BCUT2D eigenvalue weighted by Gasteiger charge is 2.47. The second kappa shape index (κ2) is 12.7. The summed E-state index contributed by atoms with van der Waals surface area (Å²) in [6, 6.07) is 5.67. The van der Waals surface area contributed by atoms with Gasteiger partial charge in [-0.15, -0.1) is 0 Å². The minimum Gasteiger partial charge on any atom is -0.493 e. The van der Waals surface area contributed by atoms with Crippen LogP contribution in [0, 0.1) is 5.92 Å². The quantitative estimate of drug-likeness (QED) is 0.439. The summed E-state index contributed by atoms with van der Waals surface area (Å²) in [5, 5.41) is 10.4. The second-order valence-electron chi connectivity index (χ2n) is 10.6. The van der Waals surface area contributed by atoms with Gasteiger partial charge in [0, 0.05) is 64.1 Å². The molecule has 3 aliphatic rings. The Morgan fingerprint density at radius 3 is 2.78 bits per heavy atom. The van der Waals surface area contributed by atoms with Gasteiger partial charge in [0.05, 0.1) is 19.1 Å². The van der Waals surface area contributed by atoms with E-state index in [4.69, 9.17) is 10.5 Å². The molecule has 0 bridgehead atoms. The molecule has 3 atom stereocenters. The van der Waals surface area contributed by atoms with E-state index < -0.39 is 11.9 Å². The fourth-order valence-corrected chi connectivity index (χ4v) is 6.15. The largest absolute Gasteiger partial charge is 0.493 e. The van der Waals surface area contributed by atoms with Gasteiger partial charge >= 0.3 is 5.97 Å². The van der Waals surface area contributed by atoms with Crippen LogP contribution in [0.5, 0.6) is 5.75 Å². The number of nitrogens with two attached hydrogens (primary N) is 1. The number of hydrogen-bond donors (Lipinski definition) is 2. The predicted molar refractivity (Wildman–Crippen MR) is 140 cm³/mol. The van der Waals surface area contributed by atoms with Crippen LogP contribution in [0.25, 0.3) is 0 Å². The highest BCUT2D eigenvalue weighted by atomic mass is 16.5. The van der Waals surface area contributed by atoms with Crippen molar-refractivity contribution in [2.24, 2.45) is 11.7 Å². The monoisotopic (exact) mass is 514 g/mol. The van der Waals surface area contributed by atoms with Crippen LogP contribution in [0.1, 0.15) is 62.5 Å². The third-order valence-corrected chi connectivity index (χ3v) is 8.16. The number of rotatable bonds is 12. The molecule has 0 aromatic heterocycles. The Bertz CT molecular complexity index is 970. The zero-order valence-electron chi connectivity index (χ0n) is 22.1. The predicted octanol–water partition coefficient (Wildman–Crippen LogP) is 2.08. The summed E-state index contributed by atoms with van der Waals surface area (Å²) in [6.45, 7) is 6.18. The van der Waals surface area contributed by atoms with Crippen LogP contribution in [0.3, 0.4) is 0 Å². The van der Waals surface area contributed by atoms with Crippen LogP contribution >= 0.6 is 0 Å². The van der Waals surface area contributed by atoms with Crippen molar-refractivity contribution in [3.8, 4) is 5.75 Å². The maximum absolute atomic E-state index is 13.4. The first kappa shape index (κ1) is 27.4. The zero-order valence-corrected chi connectivity index (χ0v) is 22.1. The van der Waals surface area contributed by atoms with Crippen LogP contribution in [-0.4, -0.2) is 96.1 Å². The van der Waals surface area contributed by atoms with Gasteiger partial charge in [-0.2, -0.15) is 0 Å². The maximum atomic E-state index is 13.4. The van der Waals surface area contributed by atoms with Crippen molar-refractivity contribution in [3.63, 3.8) is 0 Å². The van der Waals surface area contributed by atoms with Crippen molar-refractivity contribution in [3.05, 3.63) is 29.3 Å². The van der Waals surface area contributed by atoms with E-state index in [1.807, 2.05) is 21.9 Å². The van der Waals surface area contributed by atoms with Crippen LogP contribution in [0.15, 0.2) is 18.2 Å². The molecule has 1 aromatic rings. The molecule has 3 heterocycles. The molecule has 2 saturated heterocycles. The Morgan fingerprint density at radius 2 is 2.05 bits per heavy atom. The molecule has 4 rings (SSSR count). The van der Waals surface area contributed by atoms with Gasteiger partial charge in [-0.25, -0.2) is 0 Å². The number of benzene rings is 1. The van der Waals surface area contributed by atoms with Crippen molar-refractivity contribution in [2.75, 3.05) is 52.4 Å². The maximum Gasteiger partial charge on any atom is 0.308 e. The summed E-state index contributed by atoms with van der Waals surface area (Å²) in [5.74, 6) is -0.748. The highest BCUT2D eigenvalue weighted by Crippen LogP contribution is 2.41. The number of carboxylic acids is 1. The van der Waals surface area contributed by atoms with E-state index in [0.29, 0.717) is 52.2 Å². The molecule has 2 amide bonds. The molecule has 0 aliphatic carbocycles. The number of ether oxygens (including phenoxy) is 1. The van der Waals surface area contributed by atoms with Gasteiger partial charge in [0.15, 0.2) is 0 Å². The van der Waals surface area contributed by atoms with E-state index in [2.05, 4.69) is 17.9 Å². The number of likely N-dealkylation sites (tertiary alicyclic amines) is 2. The number of carboxylic acid groups (broad SMARTS) is 1. The lowest BCUT2D eigenvalue weighted by Gasteiger charge is -2.32. The summed E-state index contributed by atoms with van der Waals surface area (Å²) in [5.41, 5.74) is 7.88. The number of unbranched alkanes of at least 4 members (excludes halogenated alkanes) is 1. The van der Waals surface area contributed by atoms with Crippen LogP contribution in [0.4, 0.5) is 0 Å². The van der Waals surface area contributed by atoms with Gasteiger partial charge in [-0.3, -0.25) is 19.3 Å². The first-order chi connectivity index (χ1) is 17.9. The number of hydrogen-bond acceptors (Lipinski definition) is 6. The third-order valence-electron chi connectivity index (χ3n) is 8.16. The van der Waals surface area contributed by atoms with E-state index in [0.717, 1.165) is 55.5 Å². The van der Waals surface area contributed by atoms with Crippen LogP contribution < -0.4 is 10.5 Å². The number of amides is 2. The third kappa shape index (κ3) is 6.44. The summed E-state index contributed by atoms with van der Waals surface area (Å²) in [4.78, 5) is 44.3. The van der Waals surface area contributed by atoms with Gasteiger partial charge in [0.25, 0.3) is 0 Å². The van der Waals surface area contributed by atoms with Gasteiger partial charge in [0.1, 0.15) is 5.75 Å². The molecule has 0 radical (unpaired) electrons. The van der Waals surface area contributed by atoms with Gasteiger partial charge in [-0.1, -0.05) is 25.5 Å². The Kier molecular flexibility index (Phi) is 9.43.